The zero-order valence-corrected chi connectivity index (χ0v) is 26.9. The average Bonchev–Trinajstić information content (AvgIpc) is 3.48. The van der Waals surface area contributed by atoms with Crippen LogP contribution in [0.4, 0.5) is 26.3 Å². The van der Waals surface area contributed by atoms with Crippen LogP contribution in [0.15, 0.2) is 109 Å². The number of phenolic OH excluding ortho intramolecular Hbond substituents is 2. The van der Waals surface area contributed by atoms with E-state index in [2.05, 4.69) is 74.5 Å². The number of hydrogen-bond acceptors (Lipinski definition) is 2. The maximum atomic E-state index is 11.8. The van der Waals surface area contributed by atoms with Crippen molar-refractivity contribution in [3.05, 3.63) is 143 Å². The SMILES string of the molecule is Cc1c(CCc2[cH-]c3ccccc3c2C)[cH-]c2ccccc12.Oc1ccc(C(F)(F)F)cc1.Oc1ccc(C(F)(F)F)cc1.[Zr+2]. The Morgan fingerprint density at radius 1 is 0.511 bits per heavy atom. The molecule has 6 rings (SSSR count). The van der Waals surface area contributed by atoms with Crippen LogP contribution >= 0.6 is 0 Å². The van der Waals surface area contributed by atoms with E-state index >= 15 is 0 Å². The molecule has 0 amide bonds. The summed E-state index contributed by atoms with van der Waals surface area (Å²) in [6.07, 6.45) is -6.41. The van der Waals surface area contributed by atoms with Gasteiger partial charge in [0.15, 0.2) is 0 Å². The predicted octanol–water partition coefficient (Wildman–Crippen LogP) is 10.7. The van der Waals surface area contributed by atoms with Crippen molar-refractivity contribution in [2.45, 2.75) is 39.0 Å². The third kappa shape index (κ3) is 9.33. The van der Waals surface area contributed by atoms with Crippen LogP contribution in [0.1, 0.15) is 33.4 Å². The minimum atomic E-state index is -4.33. The minimum Gasteiger partial charge on any atom is -0.508 e. The van der Waals surface area contributed by atoms with E-state index in [4.69, 9.17) is 10.2 Å². The van der Waals surface area contributed by atoms with Crippen LogP contribution in [-0.2, 0) is 51.4 Å². The maximum absolute atomic E-state index is 11.8. The Hall–Kier alpha value is -3.84. The Morgan fingerprint density at radius 3 is 1.11 bits per heavy atom. The molecule has 0 spiro atoms. The molecule has 6 aromatic carbocycles. The Bertz CT molecular complexity index is 1680. The summed E-state index contributed by atoms with van der Waals surface area (Å²) < 4.78 is 71.0. The molecule has 0 saturated carbocycles. The van der Waals surface area contributed by atoms with Crippen molar-refractivity contribution < 1.29 is 62.8 Å². The Morgan fingerprint density at radius 2 is 0.822 bits per heavy atom. The maximum Gasteiger partial charge on any atom is 2.00 e. The van der Waals surface area contributed by atoms with Gasteiger partial charge >= 0.3 is 38.6 Å². The second-order valence-electron chi connectivity index (χ2n) is 10.4. The monoisotopic (exact) mass is 698 g/mol. The van der Waals surface area contributed by atoms with Gasteiger partial charge in [-0.2, -0.15) is 37.5 Å². The molecule has 2 nitrogen and oxygen atoms in total. The Balaban J connectivity index is 0.000000204. The van der Waals surface area contributed by atoms with Crippen LogP contribution in [0.3, 0.4) is 0 Å². The topological polar surface area (TPSA) is 40.5 Å². The number of aromatic hydroxyl groups is 2. The van der Waals surface area contributed by atoms with Crippen LogP contribution in [0, 0.1) is 13.8 Å². The van der Waals surface area contributed by atoms with Crippen LogP contribution < -0.4 is 0 Å². The van der Waals surface area contributed by atoms with Crippen molar-refractivity contribution >= 4 is 21.5 Å². The average molecular weight is 700 g/mol. The first kappa shape index (κ1) is 35.6. The van der Waals surface area contributed by atoms with Crippen LogP contribution in [0.5, 0.6) is 11.5 Å². The van der Waals surface area contributed by atoms with Crippen LogP contribution in [0.2, 0.25) is 0 Å². The number of halogens is 6. The molecule has 0 aliphatic carbocycles. The molecule has 9 heteroatoms. The van der Waals surface area contributed by atoms with Gasteiger partial charge in [0.1, 0.15) is 11.5 Å². The molecule has 0 heterocycles. The molecule has 0 saturated heterocycles. The van der Waals surface area contributed by atoms with Gasteiger partial charge in [0.2, 0.25) is 0 Å². The summed E-state index contributed by atoms with van der Waals surface area (Å²) in [5.74, 6) is -0.337. The first-order valence-electron chi connectivity index (χ1n) is 13.7. The summed E-state index contributed by atoms with van der Waals surface area (Å²) in [6.45, 7) is 4.51. The molecule has 0 bridgehead atoms. The minimum absolute atomic E-state index is 0. The van der Waals surface area contributed by atoms with E-state index in [-0.39, 0.29) is 37.7 Å². The van der Waals surface area contributed by atoms with E-state index in [0.29, 0.717) is 0 Å². The number of hydrogen-bond donors (Lipinski definition) is 2. The second-order valence-corrected chi connectivity index (χ2v) is 10.4. The van der Waals surface area contributed by atoms with E-state index < -0.39 is 23.5 Å². The molecule has 45 heavy (non-hydrogen) atoms. The van der Waals surface area contributed by atoms with E-state index in [9.17, 15) is 26.3 Å². The molecule has 0 aliphatic heterocycles. The van der Waals surface area contributed by atoms with E-state index in [1.54, 1.807) is 0 Å². The third-order valence-electron chi connectivity index (χ3n) is 7.41. The van der Waals surface area contributed by atoms with Gasteiger partial charge in [-0.15, -0.1) is 81.2 Å². The fourth-order valence-electron chi connectivity index (χ4n) is 4.96. The second kappa shape index (κ2) is 15.0. The zero-order valence-electron chi connectivity index (χ0n) is 24.5. The van der Waals surface area contributed by atoms with Crippen molar-refractivity contribution in [2.24, 2.45) is 0 Å². The molecule has 232 valence electrons. The molecule has 0 fully saturated rings. The smallest absolute Gasteiger partial charge is 0.508 e. The number of aryl methyl sites for hydroxylation is 4. The van der Waals surface area contributed by atoms with Gasteiger partial charge in [0.05, 0.1) is 11.1 Å². The summed E-state index contributed by atoms with van der Waals surface area (Å²) in [4.78, 5) is 0. The summed E-state index contributed by atoms with van der Waals surface area (Å²) in [6, 6.07) is 29.5. The van der Waals surface area contributed by atoms with Gasteiger partial charge in [-0.25, -0.2) is 0 Å². The van der Waals surface area contributed by atoms with Gasteiger partial charge in [0.25, 0.3) is 0 Å². The number of phenols is 2. The molecule has 0 aromatic heterocycles. The summed E-state index contributed by atoms with van der Waals surface area (Å²) in [5.41, 5.74) is 4.37. The molecule has 0 aliphatic rings. The van der Waals surface area contributed by atoms with Gasteiger partial charge in [-0.3, -0.25) is 0 Å². The molecule has 0 radical (unpaired) electrons. The predicted molar refractivity (Wildman–Crippen MR) is 162 cm³/mol. The van der Waals surface area contributed by atoms with E-state index in [1.807, 2.05) is 0 Å². The first-order valence-corrected chi connectivity index (χ1v) is 13.7. The summed E-state index contributed by atoms with van der Waals surface area (Å²) in [7, 11) is 0. The normalized spacial score (nSPS) is 11.3. The summed E-state index contributed by atoms with van der Waals surface area (Å²) >= 11 is 0. The van der Waals surface area contributed by atoms with Crippen molar-refractivity contribution in [3.63, 3.8) is 0 Å². The van der Waals surface area contributed by atoms with E-state index in [0.717, 1.165) is 61.4 Å². The first-order chi connectivity index (χ1) is 20.7. The standard InChI is InChI=1S/C22H20.2C7H5F3O.Zr/c1-15-17(13-19-7-3-5-9-21(15)19)11-12-18-14-20-8-4-6-10-22(20)16(18)2;2*8-7(9,10)5-1-3-6(11)4-2-5;/h3-10,13-14H,11-12H2,1-2H3;2*1-4,11H;/q-2;;;+2. The van der Waals surface area contributed by atoms with Gasteiger partial charge in [-0.05, 0) is 61.4 Å². The quantitative estimate of drug-likeness (QED) is 0.143. The zero-order chi connectivity index (χ0) is 32.1. The van der Waals surface area contributed by atoms with Gasteiger partial charge < -0.3 is 10.2 Å². The number of fused-ring (bicyclic) bond motifs is 2. The molecule has 2 N–H and O–H groups in total. The number of rotatable bonds is 3. The van der Waals surface area contributed by atoms with Crippen molar-refractivity contribution in [1.82, 2.24) is 0 Å². The van der Waals surface area contributed by atoms with Crippen LogP contribution in [-0.4, -0.2) is 10.2 Å². The molecular weight excluding hydrogens is 670 g/mol. The van der Waals surface area contributed by atoms with Crippen molar-refractivity contribution in [1.29, 1.82) is 0 Å². The fraction of sp³-hybridized carbons (Fsp3) is 0.167. The Kier molecular flexibility index (Phi) is 11.9. The molecule has 6 aromatic rings. The third-order valence-corrected chi connectivity index (χ3v) is 7.41. The van der Waals surface area contributed by atoms with Crippen LogP contribution in [0.25, 0.3) is 21.5 Å². The van der Waals surface area contributed by atoms with Crippen molar-refractivity contribution in [2.75, 3.05) is 0 Å². The van der Waals surface area contributed by atoms with E-state index in [1.165, 1.54) is 43.8 Å². The van der Waals surface area contributed by atoms with Crippen molar-refractivity contribution in [3.8, 4) is 11.5 Å². The molecule has 0 atom stereocenters. The van der Waals surface area contributed by atoms with Gasteiger partial charge in [0, 0.05) is 0 Å². The molecule has 0 unspecified atom stereocenters. The number of alkyl halides is 6. The number of benzene rings is 4. The fourth-order valence-corrected chi connectivity index (χ4v) is 4.96. The molecular formula is C36H30F6O2Zr. The largest absolute Gasteiger partial charge is 2.00 e. The summed E-state index contributed by atoms with van der Waals surface area (Å²) in [5, 5.41) is 22.9. The Labute approximate surface area is 276 Å². The van der Waals surface area contributed by atoms with Gasteiger partial charge in [-0.1, -0.05) is 26.0 Å².